The van der Waals surface area contributed by atoms with Crippen molar-refractivity contribution in [2.45, 2.75) is 19.4 Å². The van der Waals surface area contributed by atoms with Gasteiger partial charge in [0.2, 0.25) is 0 Å². The summed E-state index contributed by atoms with van der Waals surface area (Å²) in [5.74, 6) is -1.95. The van der Waals surface area contributed by atoms with Gasteiger partial charge in [-0.15, -0.1) is 0 Å². The second-order valence-corrected chi connectivity index (χ2v) is 5.07. The molecule has 1 aliphatic rings. The third-order valence-corrected chi connectivity index (χ3v) is 3.74. The lowest BCUT2D eigenvalue weighted by atomic mass is 9.90. The number of aliphatic carboxylic acids is 1. The Morgan fingerprint density at radius 2 is 2.14 bits per heavy atom. The maximum absolute atomic E-state index is 14.2. The molecule has 3 rings (SSSR count). The molecule has 2 heterocycles. The largest absolute Gasteiger partial charge is 0.481 e. The summed E-state index contributed by atoms with van der Waals surface area (Å²) in [5, 5.41) is 9.42. The van der Waals surface area contributed by atoms with E-state index < -0.39 is 17.7 Å². The minimum absolute atomic E-state index is 0.156. The smallest absolute Gasteiger partial charge is 0.312 e. The molecule has 1 aromatic heterocycles. The fourth-order valence-corrected chi connectivity index (χ4v) is 2.65. The van der Waals surface area contributed by atoms with Crippen LogP contribution in [0.2, 0.25) is 0 Å². The Morgan fingerprint density at radius 1 is 1.38 bits per heavy atom. The number of carbonyl (C=O) groups is 1. The highest BCUT2D eigenvalue weighted by Gasteiger charge is 2.32. The van der Waals surface area contributed by atoms with Crippen molar-refractivity contribution in [1.29, 1.82) is 0 Å². The molecule has 1 aliphatic heterocycles. The average molecular weight is 287 g/mol. The molecule has 0 spiro atoms. The van der Waals surface area contributed by atoms with Gasteiger partial charge in [-0.1, -0.05) is 24.3 Å². The van der Waals surface area contributed by atoms with Crippen molar-refractivity contribution in [1.82, 2.24) is 9.97 Å². The minimum atomic E-state index is -0.918. The van der Waals surface area contributed by atoms with E-state index >= 15 is 0 Å². The van der Waals surface area contributed by atoms with E-state index in [1.54, 1.807) is 11.8 Å². The number of anilines is 1. The summed E-state index contributed by atoms with van der Waals surface area (Å²) in [5.41, 5.74) is 1.92. The van der Waals surface area contributed by atoms with Gasteiger partial charge in [0.1, 0.15) is 6.33 Å². The SMILES string of the molecule is Cc1ncnc(N2Cc3ccccc3C(C(=O)O)C2)c1F. The highest BCUT2D eigenvalue weighted by atomic mass is 19.1. The van der Waals surface area contributed by atoms with E-state index in [1.165, 1.54) is 6.33 Å². The summed E-state index contributed by atoms with van der Waals surface area (Å²) < 4.78 is 14.2. The molecule has 0 amide bonds. The number of carboxylic acid groups (broad SMARTS) is 1. The predicted molar refractivity (Wildman–Crippen MR) is 74.6 cm³/mol. The van der Waals surface area contributed by atoms with E-state index in [9.17, 15) is 14.3 Å². The normalized spacial score (nSPS) is 17.4. The lowest BCUT2D eigenvalue weighted by Crippen LogP contribution is -2.38. The van der Waals surface area contributed by atoms with Crippen molar-refractivity contribution in [2.24, 2.45) is 0 Å². The van der Waals surface area contributed by atoms with Crippen LogP contribution < -0.4 is 4.90 Å². The summed E-state index contributed by atoms with van der Waals surface area (Å²) in [6.07, 6.45) is 1.30. The number of aromatic nitrogens is 2. The van der Waals surface area contributed by atoms with Crippen molar-refractivity contribution < 1.29 is 14.3 Å². The second kappa shape index (κ2) is 5.12. The van der Waals surface area contributed by atoms with E-state index in [0.717, 1.165) is 11.1 Å². The second-order valence-electron chi connectivity index (χ2n) is 5.07. The summed E-state index contributed by atoms with van der Waals surface area (Å²) in [6, 6.07) is 7.35. The first-order valence-electron chi connectivity index (χ1n) is 6.60. The van der Waals surface area contributed by atoms with Crippen LogP contribution in [0, 0.1) is 12.7 Å². The van der Waals surface area contributed by atoms with Crippen LogP contribution in [-0.2, 0) is 11.3 Å². The highest BCUT2D eigenvalue weighted by molar-refractivity contribution is 5.78. The van der Waals surface area contributed by atoms with Crippen LogP contribution in [0.5, 0.6) is 0 Å². The molecule has 5 nitrogen and oxygen atoms in total. The van der Waals surface area contributed by atoms with E-state index in [0.29, 0.717) is 6.54 Å². The zero-order chi connectivity index (χ0) is 15.0. The Balaban J connectivity index is 2.04. The molecule has 0 aliphatic carbocycles. The van der Waals surface area contributed by atoms with E-state index in [4.69, 9.17) is 0 Å². The molecule has 6 heteroatoms. The van der Waals surface area contributed by atoms with Gasteiger partial charge in [0.25, 0.3) is 0 Å². The molecule has 1 aromatic carbocycles. The van der Waals surface area contributed by atoms with Crippen LogP contribution >= 0.6 is 0 Å². The molecule has 0 radical (unpaired) electrons. The maximum atomic E-state index is 14.2. The third-order valence-electron chi connectivity index (χ3n) is 3.74. The zero-order valence-corrected chi connectivity index (χ0v) is 11.5. The van der Waals surface area contributed by atoms with Gasteiger partial charge in [-0.3, -0.25) is 4.79 Å². The summed E-state index contributed by atoms with van der Waals surface area (Å²) in [7, 11) is 0. The maximum Gasteiger partial charge on any atom is 0.312 e. The Bertz CT molecular complexity index is 705. The Labute approximate surface area is 121 Å². The van der Waals surface area contributed by atoms with Gasteiger partial charge in [-0.25, -0.2) is 14.4 Å². The van der Waals surface area contributed by atoms with Crippen molar-refractivity contribution in [3.63, 3.8) is 0 Å². The quantitative estimate of drug-likeness (QED) is 0.916. The highest BCUT2D eigenvalue weighted by Crippen LogP contribution is 2.32. The first kappa shape index (κ1) is 13.5. The number of nitrogens with zero attached hydrogens (tertiary/aromatic N) is 3. The van der Waals surface area contributed by atoms with Crippen LogP contribution in [0.3, 0.4) is 0 Å². The van der Waals surface area contributed by atoms with Gasteiger partial charge in [-0.2, -0.15) is 0 Å². The van der Waals surface area contributed by atoms with Gasteiger partial charge in [0, 0.05) is 13.1 Å². The predicted octanol–water partition coefficient (Wildman–Crippen LogP) is 2.11. The molecule has 0 saturated carbocycles. The first-order valence-corrected chi connectivity index (χ1v) is 6.60. The number of benzene rings is 1. The van der Waals surface area contributed by atoms with E-state index in [-0.39, 0.29) is 18.1 Å². The molecular weight excluding hydrogens is 273 g/mol. The molecule has 2 aromatic rings. The van der Waals surface area contributed by atoms with Crippen LogP contribution in [-0.4, -0.2) is 27.6 Å². The fourth-order valence-electron chi connectivity index (χ4n) is 2.65. The number of hydrogen-bond donors (Lipinski definition) is 1. The Hall–Kier alpha value is -2.50. The number of hydrogen-bond acceptors (Lipinski definition) is 4. The molecular formula is C15H14FN3O2. The zero-order valence-electron chi connectivity index (χ0n) is 11.5. The van der Waals surface area contributed by atoms with E-state index in [2.05, 4.69) is 9.97 Å². The number of rotatable bonds is 2. The van der Waals surface area contributed by atoms with Gasteiger partial charge in [0.05, 0.1) is 11.6 Å². The molecule has 0 saturated heterocycles. The fraction of sp³-hybridized carbons (Fsp3) is 0.267. The van der Waals surface area contributed by atoms with Crippen molar-refractivity contribution >= 4 is 11.8 Å². The number of halogens is 1. The lowest BCUT2D eigenvalue weighted by molar-refractivity contribution is -0.138. The van der Waals surface area contributed by atoms with Crippen LogP contribution in [0.1, 0.15) is 22.7 Å². The summed E-state index contributed by atoms with van der Waals surface area (Å²) in [6.45, 7) is 2.19. The van der Waals surface area contributed by atoms with Gasteiger partial charge in [0.15, 0.2) is 11.6 Å². The van der Waals surface area contributed by atoms with Gasteiger partial charge in [-0.05, 0) is 18.1 Å². The molecule has 0 fully saturated rings. The van der Waals surface area contributed by atoms with E-state index in [1.807, 2.05) is 24.3 Å². The lowest BCUT2D eigenvalue weighted by Gasteiger charge is -2.33. The minimum Gasteiger partial charge on any atom is -0.481 e. The van der Waals surface area contributed by atoms with Crippen LogP contribution in [0.4, 0.5) is 10.2 Å². The molecule has 108 valence electrons. The van der Waals surface area contributed by atoms with Crippen molar-refractivity contribution in [3.05, 3.63) is 53.2 Å². The Morgan fingerprint density at radius 3 is 2.90 bits per heavy atom. The molecule has 1 unspecified atom stereocenters. The summed E-state index contributed by atoms with van der Waals surface area (Å²) in [4.78, 5) is 20.9. The van der Waals surface area contributed by atoms with Gasteiger partial charge < -0.3 is 10.0 Å². The van der Waals surface area contributed by atoms with Crippen LogP contribution in [0.15, 0.2) is 30.6 Å². The monoisotopic (exact) mass is 287 g/mol. The standard InChI is InChI=1S/C15H14FN3O2/c1-9-13(16)14(18-8-17-9)19-6-10-4-2-3-5-11(10)12(7-19)15(20)21/h2-5,8,12H,6-7H2,1H3,(H,20,21). The number of carboxylic acids is 1. The molecule has 1 N–H and O–H groups in total. The summed E-state index contributed by atoms with van der Waals surface area (Å²) >= 11 is 0. The van der Waals surface area contributed by atoms with Gasteiger partial charge >= 0.3 is 5.97 Å². The van der Waals surface area contributed by atoms with Crippen molar-refractivity contribution in [2.75, 3.05) is 11.4 Å². The molecule has 21 heavy (non-hydrogen) atoms. The average Bonchev–Trinajstić information content (AvgIpc) is 2.48. The van der Waals surface area contributed by atoms with Crippen LogP contribution in [0.25, 0.3) is 0 Å². The topological polar surface area (TPSA) is 66.3 Å². The molecule has 1 atom stereocenters. The number of fused-ring (bicyclic) bond motifs is 1. The third kappa shape index (κ3) is 2.33. The van der Waals surface area contributed by atoms with Crippen molar-refractivity contribution in [3.8, 4) is 0 Å². The molecule has 0 bridgehead atoms. The first-order chi connectivity index (χ1) is 10.1. The Kier molecular flexibility index (Phi) is 3.29. The number of aryl methyl sites for hydroxylation is 1.